The molecule has 0 radical (unpaired) electrons. The SMILES string of the molecule is COC(=O)c1sc(N)c(C(=O)OC)c1CSc1nnc(Cc2csc(C)n2)o1. The third kappa shape index (κ3) is 4.34. The van der Waals surface area contributed by atoms with Crippen molar-refractivity contribution >= 4 is 51.4 Å². The van der Waals surface area contributed by atoms with E-state index in [1.807, 2.05) is 12.3 Å². The molecule has 0 aliphatic carbocycles. The second kappa shape index (κ2) is 8.71. The lowest BCUT2D eigenvalue weighted by Crippen LogP contribution is -2.08. The van der Waals surface area contributed by atoms with E-state index in [4.69, 9.17) is 19.6 Å². The maximum atomic E-state index is 12.1. The Morgan fingerprint density at radius 2 is 2.00 bits per heavy atom. The van der Waals surface area contributed by atoms with E-state index in [2.05, 4.69) is 15.2 Å². The lowest BCUT2D eigenvalue weighted by atomic mass is 10.1. The third-order valence-electron chi connectivity index (χ3n) is 3.58. The van der Waals surface area contributed by atoms with Crippen LogP contribution in [0.5, 0.6) is 0 Å². The molecule has 12 heteroatoms. The van der Waals surface area contributed by atoms with Gasteiger partial charge in [0, 0.05) is 16.7 Å². The van der Waals surface area contributed by atoms with Gasteiger partial charge in [0.05, 0.1) is 36.9 Å². The molecule has 3 heterocycles. The van der Waals surface area contributed by atoms with Crippen LogP contribution in [0, 0.1) is 6.92 Å². The van der Waals surface area contributed by atoms with Crippen LogP contribution < -0.4 is 5.73 Å². The number of aryl methyl sites for hydroxylation is 1. The number of hydrogen-bond acceptors (Lipinski definition) is 12. The number of nitrogen functional groups attached to an aromatic ring is 1. The van der Waals surface area contributed by atoms with Gasteiger partial charge in [-0.15, -0.1) is 32.9 Å². The van der Waals surface area contributed by atoms with E-state index in [0.717, 1.165) is 22.0 Å². The smallest absolute Gasteiger partial charge is 0.348 e. The predicted octanol–water partition coefficient (Wildman–Crippen LogP) is 2.93. The molecule has 0 bridgehead atoms. The van der Waals surface area contributed by atoms with Crippen LogP contribution in [0.3, 0.4) is 0 Å². The van der Waals surface area contributed by atoms with Crippen LogP contribution in [-0.2, 0) is 21.6 Å². The van der Waals surface area contributed by atoms with Crippen LogP contribution in [0.2, 0.25) is 0 Å². The van der Waals surface area contributed by atoms with Gasteiger partial charge < -0.3 is 19.6 Å². The molecule has 9 nitrogen and oxygen atoms in total. The Labute approximate surface area is 172 Å². The van der Waals surface area contributed by atoms with Crippen LogP contribution in [0.1, 0.15) is 42.2 Å². The zero-order chi connectivity index (χ0) is 20.3. The number of thiophene rings is 1. The van der Waals surface area contributed by atoms with Gasteiger partial charge in [0.1, 0.15) is 9.88 Å². The fraction of sp³-hybridized carbons (Fsp3) is 0.312. The minimum atomic E-state index is -0.621. The summed E-state index contributed by atoms with van der Waals surface area (Å²) in [4.78, 5) is 28.7. The number of nitrogens with zero attached hydrogens (tertiary/aromatic N) is 3. The number of hydrogen-bond donors (Lipinski definition) is 1. The molecule has 0 fully saturated rings. The number of carbonyl (C=O) groups is 2. The standard InChI is InChI=1S/C16H16N4O5S3/c1-7-18-8(5-26-7)4-10-19-20-16(25-10)27-6-9-11(14(21)23-2)13(17)28-12(9)15(22)24-3/h5H,4,6,17H2,1-3H3. The third-order valence-corrected chi connectivity index (χ3v) is 6.29. The van der Waals surface area contributed by atoms with Gasteiger partial charge in [-0.25, -0.2) is 14.6 Å². The number of methoxy groups -OCH3 is 2. The quantitative estimate of drug-likeness (QED) is 0.432. The fourth-order valence-electron chi connectivity index (χ4n) is 2.35. The summed E-state index contributed by atoms with van der Waals surface area (Å²) in [6.45, 7) is 1.92. The molecule has 0 saturated carbocycles. The van der Waals surface area contributed by atoms with E-state index >= 15 is 0 Å². The first-order valence-corrected chi connectivity index (χ1v) is 10.5. The highest BCUT2D eigenvalue weighted by molar-refractivity contribution is 7.98. The summed E-state index contributed by atoms with van der Waals surface area (Å²) >= 11 is 3.71. The van der Waals surface area contributed by atoms with Crippen molar-refractivity contribution in [1.29, 1.82) is 0 Å². The van der Waals surface area contributed by atoms with E-state index < -0.39 is 11.9 Å². The Morgan fingerprint density at radius 1 is 1.25 bits per heavy atom. The summed E-state index contributed by atoms with van der Waals surface area (Å²) in [6, 6.07) is 0. The summed E-state index contributed by atoms with van der Waals surface area (Å²) in [6.07, 6.45) is 0.435. The van der Waals surface area contributed by atoms with Gasteiger partial charge in [0.15, 0.2) is 0 Å². The van der Waals surface area contributed by atoms with Crippen molar-refractivity contribution < 1.29 is 23.5 Å². The molecule has 3 rings (SSSR count). The summed E-state index contributed by atoms with van der Waals surface area (Å²) < 4.78 is 15.2. The Balaban J connectivity index is 1.78. The highest BCUT2D eigenvalue weighted by Gasteiger charge is 2.27. The molecular weight excluding hydrogens is 424 g/mol. The zero-order valence-electron chi connectivity index (χ0n) is 15.2. The topological polar surface area (TPSA) is 130 Å². The van der Waals surface area contributed by atoms with Gasteiger partial charge in [-0.1, -0.05) is 11.8 Å². The van der Waals surface area contributed by atoms with Crippen LogP contribution in [0.25, 0.3) is 0 Å². The number of nitrogens with two attached hydrogens (primary N) is 1. The largest absolute Gasteiger partial charge is 0.465 e. The Morgan fingerprint density at radius 3 is 2.64 bits per heavy atom. The summed E-state index contributed by atoms with van der Waals surface area (Å²) in [5.74, 6) is -0.559. The summed E-state index contributed by atoms with van der Waals surface area (Å²) in [5, 5.41) is 11.4. The Hall–Kier alpha value is -2.44. The number of anilines is 1. The average molecular weight is 441 g/mol. The molecule has 0 atom stereocenters. The molecule has 0 spiro atoms. The molecule has 0 unspecified atom stereocenters. The minimum absolute atomic E-state index is 0.151. The number of esters is 2. The van der Waals surface area contributed by atoms with E-state index in [1.165, 1.54) is 26.0 Å². The van der Waals surface area contributed by atoms with Crippen molar-refractivity contribution in [3.05, 3.63) is 38.0 Å². The maximum Gasteiger partial charge on any atom is 0.348 e. The van der Waals surface area contributed by atoms with Gasteiger partial charge in [-0.3, -0.25) is 0 Å². The molecular formula is C16H16N4O5S3. The second-order valence-corrected chi connectivity index (χ2v) is 8.46. The molecule has 0 saturated heterocycles. The fourth-order valence-corrected chi connectivity index (χ4v) is 4.86. The number of rotatable bonds is 7. The van der Waals surface area contributed by atoms with Gasteiger partial charge in [0.25, 0.3) is 5.22 Å². The predicted molar refractivity (Wildman–Crippen MR) is 105 cm³/mol. The highest BCUT2D eigenvalue weighted by atomic mass is 32.2. The van der Waals surface area contributed by atoms with E-state index in [0.29, 0.717) is 23.1 Å². The van der Waals surface area contributed by atoms with Crippen molar-refractivity contribution in [2.24, 2.45) is 0 Å². The molecule has 3 aromatic heterocycles. The monoisotopic (exact) mass is 440 g/mol. The van der Waals surface area contributed by atoms with Crippen molar-refractivity contribution in [1.82, 2.24) is 15.2 Å². The number of aromatic nitrogens is 3. The van der Waals surface area contributed by atoms with Crippen LogP contribution in [0.4, 0.5) is 5.00 Å². The lowest BCUT2D eigenvalue weighted by Gasteiger charge is -2.04. The molecule has 0 aromatic carbocycles. The Kier molecular flexibility index (Phi) is 6.31. The molecule has 0 amide bonds. The molecule has 148 valence electrons. The summed E-state index contributed by atoms with van der Waals surface area (Å²) in [5.41, 5.74) is 7.34. The number of thioether (sulfide) groups is 1. The van der Waals surface area contributed by atoms with Gasteiger partial charge in [-0.2, -0.15) is 0 Å². The highest BCUT2D eigenvalue weighted by Crippen LogP contribution is 2.36. The maximum absolute atomic E-state index is 12.1. The first-order valence-electron chi connectivity index (χ1n) is 7.86. The summed E-state index contributed by atoms with van der Waals surface area (Å²) in [7, 11) is 2.51. The number of thiazole rings is 1. The normalized spacial score (nSPS) is 10.8. The molecule has 0 aliphatic heterocycles. The van der Waals surface area contributed by atoms with Crippen LogP contribution >= 0.6 is 34.4 Å². The van der Waals surface area contributed by atoms with Gasteiger partial charge in [-0.05, 0) is 6.92 Å². The zero-order valence-corrected chi connectivity index (χ0v) is 17.6. The average Bonchev–Trinajstić information content (AvgIpc) is 3.38. The molecule has 28 heavy (non-hydrogen) atoms. The van der Waals surface area contributed by atoms with Gasteiger partial charge in [0.2, 0.25) is 5.89 Å². The van der Waals surface area contributed by atoms with E-state index in [1.54, 1.807) is 11.3 Å². The molecule has 2 N–H and O–H groups in total. The minimum Gasteiger partial charge on any atom is -0.465 e. The molecule has 3 aromatic rings. The number of carbonyl (C=O) groups excluding carboxylic acids is 2. The van der Waals surface area contributed by atoms with Crippen LogP contribution in [0.15, 0.2) is 15.0 Å². The van der Waals surface area contributed by atoms with E-state index in [-0.39, 0.29) is 21.2 Å². The van der Waals surface area contributed by atoms with E-state index in [9.17, 15) is 9.59 Å². The van der Waals surface area contributed by atoms with Crippen LogP contribution in [-0.4, -0.2) is 41.3 Å². The second-order valence-electron chi connectivity index (χ2n) is 5.42. The van der Waals surface area contributed by atoms with Crippen molar-refractivity contribution in [2.75, 3.05) is 20.0 Å². The molecule has 0 aliphatic rings. The lowest BCUT2D eigenvalue weighted by molar-refractivity contribution is 0.0601. The van der Waals surface area contributed by atoms with Crippen molar-refractivity contribution in [2.45, 2.75) is 24.3 Å². The van der Waals surface area contributed by atoms with Crippen molar-refractivity contribution in [3.8, 4) is 0 Å². The first-order chi connectivity index (χ1) is 13.4. The Bertz CT molecular complexity index is 1010. The van der Waals surface area contributed by atoms with Gasteiger partial charge >= 0.3 is 11.9 Å². The van der Waals surface area contributed by atoms with Crippen molar-refractivity contribution in [3.63, 3.8) is 0 Å². The number of ether oxygens (including phenoxy) is 2. The first kappa shape index (κ1) is 20.3.